The predicted molar refractivity (Wildman–Crippen MR) is 28.1 cm³/mol. The Morgan fingerprint density at radius 2 is 2.62 bits per heavy atom. The summed E-state index contributed by atoms with van der Waals surface area (Å²) >= 11 is 0. The lowest BCUT2D eigenvalue weighted by Gasteiger charge is -1.94. The largest absolute Gasteiger partial charge is 0.198 e. The minimum atomic E-state index is -2.18. The van der Waals surface area contributed by atoms with E-state index in [1.807, 2.05) is 6.07 Å². The summed E-state index contributed by atoms with van der Waals surface area (Å²) in [6.45, 7) is -2.18. The van der Waals surface area contributed by atoms with Gasteiger partial charge in [-0.25, -0.2) is 0 Å². The number of rotatable bonds is 2. The fourth-order valence-corrected chi connectivity index (χ4v) is 0.391. The van der Waals surface area contributed by atoms with E-state index in [9.17, 15) is 0 Å². The zero-order valence-electron chi connectivity index (χ0n) is 7.26. The van der Waals surface area contributed by atoms with Crippen LogP contribution in [0.15, 0.2) is 10.2 Å². The molecule has 0 fully saturated rings. The van der Waals surface area contributed by atoms with Crippen molar-refractivity contribution in [3.63, 3.8) is 0 Å². The lowest BCUT2D eigenvalue weighted by atomic mass is 10.1. The van der Waals surface area contributed by atoms with E-state index in [0.717, 1.165) is 0 Å². The Morgan fingerprint density at radius 1 is 1.88 bits per heavy atom. The number of nitrogens with zero attached hydrogens (tertiary/aromatic N) is 3. The maximum absolute atomic E-state index is 8.21. The van der Waals surface area contributed by atoms with Gasteiger partial charge in [-0.15, -0.1) is 0 Å². The number of hydrogen-bond donors (Lipinski definition) is 0. The van der Waals surface area contributed by atoms with Gasteiger partial charge >= 0.3 is 0 Å². The van der Waals surface area contributed by atoms with Crippen molar-refractivity contribution in [1.29, 1.82) is 5.26 Å². The van der Waals surface area contributed by atoms with E-state index in [0.29, 0.717) is 0 Å². The summed E-state index contributed by atoms with van der Waals surface area (Å²) < 4.78 is 21.0. The van der Waals surface area contributed by atoms with Crippen LogP contribution in [0.1, 0.15) is 23.8 Å². The van der Waals surface area contributed by atoms with Crippen molar-refractivity contribution in [2.75, 3.05) is 0 Å². The zero-order chi connectivity index (χ0) is 8.54. The number of nitriles is 1. The van der Waals surface area contributed by atoms with E-state index < -0.39 is 12.5 Å². The van der Waals surface area contributed by atoms with Crippen molar-refractivity contribution >= 4 is 0 Å². The van der Waals surface area contributed by atoms with E-state index in [4.69, 9.17) is 9.37 Å². The van der Waals surface area contributed by atoms with E-state index in [1.54, 1.807) is 0 Å². The van der Waals surface area contributed by atoms with E-state index in [1.165, 1.54) is 0 Å². The van der Waals surface area contributed by atoms with Crippen molar-refractivity contribution in [1.82, 2.24) is 0 Å². The van der Waals surface area contributed by atoms with Crippen LogP contribution in [0.4, 0.5) is 0 Å². The Balaban J connectivity index is 2.50. The highest BCUT2D eigenvalue weighted by atomic mass is 15.4. The van der Waals surface area contributed by atoms with E-state index in [2.05, 4.69) is 10.2 Å². The third-order valence-electron chi connectivity index (χ3n) is 0.927. The van der Waals surface area contributed by atoms with Gasteiger partial charge in [-0.2, -0.15) is 15.5 Å². The SMILES string of the molecule is [2H]C([2H])([2H])C1(CCC#N)N=N1. The Labute approximate surface area is 52.2 Å². The third-order valence-corrected chi connectivity index (χ3v) is 0.927. The van der Waals surface area contributed by atoms with Gasteiger partial charge in [-0.05, 0) is 6.85 Å². The minimum absolute atomic E-state index is 0.186. The minimum Gasteiger partial charge on any atom is -0.198 e. The average molecular weight is 112 g/mol. The molecule has 0 bridgehead atoms. The van der Waals surface area contributed by atoms with Crippen LogP contribution in [0, 0.1) is 11.3 Å². The van der Waals surface area contributed by atoms with Crippen molar-refractivity contribution < 1.29 is 4.11 Å². The Bertz CT molecular complexity index is 218. The summed E-state index contributed by atoms with van der Waals surface area (Å²) in [5, 5.41) is 15.1. The van der Waals surface area contributed by atoms with Crippen LogP contribution in [-0.4, -0.2) is 5.66 Å². The van der Waals surface area contributed by atoms with Crippen LogP contribution in [0.2, 0.25) is 0 Å². The first kappa shape index (κ1) is 2.58. The fourth-order valence-electron chi connectivity index (χ4n) is 0.391. The molecule has 8 heavy (non-hydrogen) atoms. The summed E-state index contributed by atoms with van der Waals surface area (Å²) in [6, 6.07) is 1.87. The molecule has 3 heteroatoms. The summed E-state index contributed by atoms with van der Waals surface area (Å²) in [4.78, 5) is 0. The second kappa shape index (κ2) is 1.55. The van der Waals surface area contributed by atoms with Crippen LogP contribution in [0.3, 0.4) is 0 Å². The molecule has 1 aliphatic heterocycles. The Hall–Kier alpha value is -0.910. The molecule has 0 aromatic rings. The smallest absolute Gasteiger partial charge is 0.189 e. The molecule has 0 aliphatic carbocycles. The summed E-state index contributed by atoms with van der Waals surface area (Å²) in [5.74, 6) is 0. The highest BCUT2D eigenvalue weighted by Gasteiger charge is 2.32. The molecule has 1 aliphatic rings. The zero-order valence-corrected chi connectivity index (χ0v) is 4.26. The Morgan fingerprint density at radius 3 is 3.00 bits per heavy atom. The van der Waals surface area contributed by atoms with Gasteiger partial charge in [0, 0.05) is 17.0 Å². The highest BCUT2D eigenvalue weighted by molar-refractivity contribution is 4.90. The molecule has 1 heterocycles. The molecule has 0 unspecified atom stereocenters. The molecule has 0 saturated carbocycles. The van der Waals surface area contributed by atoms with Crippen LogP contribution in [0.5, 0.6) is 0 Å². The first-order chi connectivity index (χ1) is 5.02. The first-order valence-electron chi connectivity index (χ1n) is 3.83. The predicted octanol–water partition coefficient (Wildman–Crippen LogP) is 1.47. The quantitative estimate of drug-likeness (QED) is 0.533. The van der Waals surface area contributed by atoms with Gasteiger partial charge in [0.2, 0.25) is 0 Å². The van der Waals surface area contributed by atoms with Crippen LogP contribution in [0.25, 0.3) is 0 Å². The van der Waals surface area contributed by atoms with Gasteiger partial charge in [0.25, 0.3) is 0 Å². The van der Waals surface area contributed by atoms with E-state index in [-0.39, 0.29) is 12.8 Å². The molecule has 0 amide bonds. The summed E-state index contributed by atoms with van der Waals surface area (Å²) in [6.07, 6.45) is 0.394. The molecule has 0 radical (unpaired) electrons. The summed E-state index contributed by atoms with van der Waals surface area (Å²) in [5.41, 5.74) is -1.23. The van der Waals surface area contributed by atoms with Gasteiger partial charge in [-0.3, -0.25) is 0 Å². The van der Waals surface area contributed by atoms with Crippen molar-refractivity contribution in [3.8, 4) is 6.07 Å². The molecular weight excluding hydrogens is 102 g/mol. The first-order valence-corrected chi connectivity index (χ1v) is 2.33. The maximum Gasteiger partial charge on any atom is 0.189 e. The molecular formula is C5H7N3. The fraction of sp³-hybridized carbons (Fsp3) is 0.800. The average Bonchev–Trinajstić information content (AvgIpc) is 2.61. The van der Waals surface area contributed by atoms with Crippen LogP contribution in [-0.2, 0) is 0 Å². The monoisotopic (exact) mass is 112 g/mol. The molecule has 0 spiro atoms. The molecule has 0 atom stereocenters. The molecule has 0 aromatic carbocycles. The normalized spacial score (nSPS) is 27.1. The van der Waals surface area contributed by atoms with Gasteiger partial charge in [0.1, 0.15) is 0 Å². The molecule has 0 aromatic heterocycles. The maximum atomic E-state index is 8.21. The summed E-state index contributed by atoms with van der Waals surface area (Å²) in [7, 11) is 0. The second-order valence-electron chi connectivity index (χ2n) is 1.67. The van der Waals surface area contributed by atoms with E-state index >= 15 is 0 Å². The molecule has 3 nitrogen and oxygen atoms in total. The van der Waals surface area contributed by atoms with Crippen molar-refractivity contribution in [2.24, 2.45) is 10.2 Å². The van der Waals surface area contributed by atoms with Crippen molar-refractivity contribution in [3.05, 3.63) is 0 Å². The topological polar surface area (TPSA) is 48.5 Å². The van der Waals surface area contributed by atoms with Crippen LogP contribution >= 0.6 is 0 Å². The lowest BCUT2D eigenvalue weighted by molar-refractivity contribution is 0.612. The second-order valence-corrected chi connectivity index (χ2v) is 1.67. The van der Waals surface area contributed by atoms with Gasteiger partial charge in [0.15, 0.2) is 5.66 Å². The van der Waals surface area contributed by atoms with Gasteiger partial charge in [-0.1, -0.05) is 0 Å². The Kier molecular flexibility index (Phi) is 0.500. The molecule has 1 rings (SSSR count). The highest BCUT2D eigenvalue weighted by Crippen LogP contribution is 2.31. The lowest BCUT2D eigenvalue weighted by Crippen LogP contribution is -2.01. The standard InChI is InChI=1S/C5H7N3/c1-5(7-8-5)3-2-4-6/h2-3H2,1H3/i1D3. The van der Waals surface area contributed by atoms with Gasteiger partial charge < -0.3 is 0 Å². The van der Waals surface area contributed by atoms with Crippen LogP contribution < -0.4 is 0 Å². The molecule has 0 saturated heterocycles. The molecule has 0 N–H and O–H groups in total. The van der Waals surface area contributed by atoms with Crippen molar-refractivity contribution in [2.45, 2.75) is 25.4 Å². The molecule has 42 valence electrons. The number of hydrogen-bond acceptors (Lipinski definition) is 3. The third kappa shape index (κ3) is 1.03. The van der Waals surface area contributed by atoms with Gasteiger partial charge in [0.05, 0.1) is 6.07 Å².